The maximum absolute atomic E-state index is 12.3. The lowest BCUT2D eigenvalue weighted by molar-refractivity contribution is -0.121. The Labute approximate surface area is 221 Å². The van der Waals surface area contributed by atoms with Crippen LogP contribution >= 0.6 is 0 Å². The minimum atomic E-state index is -0.214. The van der Waals surface area contributed by atoms with Gasteiger partial charge in [0.1, 0.15) is 0 Å². The van der Waals surface area contributed by atoms with E-state index in [1.54, 1.807) is 27.4 Å². The van der Waals surface area contributed by atoms with Gasteiger partial charge in [0.2, 0.25) is 11.7 Å². The number of rotatable bonds is 12. The molecule has 4 aromatic rings. The van der Waals surface area contributed by atoms with E-state index in [1.807, 2.05) is 54.6 Å². The molecule has 0 radical (unpaired) electrons. The highest BCUT2D eigenvalue weighted by Gasteiger charge is 2.14. The van der Waals surface area contributed by atoms with E-state index in [9.17, 15) is 9.59 Å². The molecule has 1 aromatic heterocycles. The second-order valence-electron chi connectivity index (χ2n) is 8.69. The summed E-state index contributed by atoms with van der Waals surface area (Å²) in [7, 11) is 4.77. The van der Waals surface area contributed by atoms with Crippen molar-refractivity contribution in [1.29, 1.82) is 0 Å². The number of methoxy groups -OCH3 is 3. The molecule has 9 nitrogen and oxygen atoms in total. The van der Waals surface area contributed by atoms with Crippen LogP contribution in [0.5, 0.6) is 17.2 Å². The molecule has 38 heavy (non-hydrogen) atoms. The molecule has 0 fully saturated rings. The van der Waals surface area contributed by atoms with Gasteiger partial charge in [-0.2, -0.15) is 5.10 Å². The van der Waals surface area contributed by atoms with E-state index < -0.39 is 0 Å². The fraction of sp³-hybridized carbons (Fsp3) is 0.276. The van der Waals surface area contributed by atoms with E-state index in [0.717, 1.165) is 28.5 Å². The van der Waals surface area contributed by atoms with Gasteiger partial charge < -0.3 is 24.8 Å². The highest BCUT2D eigenvalue weighted by Crippen LogP contribution is 2.41. The Balaban J connectivity index is 1.23. The van der Waals surface area contributed by atoms with Crippen molar-refractivity contribution in [3.8, 4) is 28.4 Å². The Morgan fingerprint density at radius 1 is 0.868 bits per heavy atom. The van der Waals surface area contributed by atoms with Gasteiger partial charge in [0.25, 0.3) is 5.56 Å². The summed E-state index contributed by atoms with van der Waals surface area (Å²) < 4.78 is 16.3. The summed E-state index contributed by atoms with van der Waals surface area (Å²) >= 11 is 0. The van der Waals surface area contributed by atoms with Crippen molar-refractivity contribution in [2.45, 2.75) is 19.3 Å². The highest BCUT2D eigenvalue weighted by atomic mass is 16.5. The second kappa shape index (κ2) is 12.6. The van der Waals surface area contributed by atoms with Gasteiger partial charge in [-0.1, -0.05) is 42.5 Å². The maximum atomic E-state index is 12.3. The number of benzene rings is 3. The number of fused-ring (bicyclic) bond motifs is 1. The van der Waals surface area contributed by atoms with Gasteiger partial charge in [-0.3, -0.25) is 9.59 Å². The molecule has 0 saturated heterocycles. The third kappa shape index (κ3) is 6.23. The first-order valence-corrected chi connectivity index (χ1v) is 12.4. The number of hydrogen-bond donors (Lipinski definition) is 3. The lowest BCUT2D eigenvalue weighted by Gasteiger charge is -2.14. The molecule has 3 aromatic carbocycles. The minimum Gasteiger partial charge on any atom is -0.493 e. The summed E-state index contributed by atoms with van der Waals surface area (Å²) in [6, 6.07) is 19.2. The lowest BCUT2D eigenvalue weighted by Crippen LogP contribution is -2.26. The average Bonchev–Trinajstić information content (AvgIpc) is 2.96. The summed E-state index contributed by atoms with van der Waals surface area (Å²) in [6.45, 7) is 1.17. The summed E-state index contributed by atoms with van der Waals surface area (Å²) in [5.41, 5.74) is 2.82. The number of aromatic nitrogens is 2. The van der Waals surface area contributed by atoms with Gasteiger partial charge in [0.05, 0.1) is 26.7 Å². The predicted molar refractivity (Wildman–Crippen MR) is 148 cm³/mol. The Kier molecular flexibility index (Phi) is 8.81. The van der Waals surface area contributed by atoms with Crippen molar-refractivity contribution in [2.75, 3.05) is 39.7 Å². The number of nitrogens with zero attached hydrogens (tertiary/aromatic N) is 1. The molecule has 1 amide bonds. The number of anilines is 1. The second-order valence-corrected chi connectivity index (χ2v) is 8.69. The van der Waals surface area contributed by atoms with Crippen LogP contribution in [0.4, 0.5) is 5.82 Å². The molecule has 0 spiro atoms. The molecule has 0 aliphatic carbocycles. The van der Waals surface area contributed by atoms with Crippen LogP contribution in [0, 0.1) is 0 Å². The molecule has 4 rings (SSSR count). The molecule has 0 atom stereocenters. The quantitative estimate of drug-likeness (QED) is 0.242. The third-order valence-electron chi connectivity index (χ3n) is 6.26. The van der Waals surface area contributed by atoms with Crippen molar-refractivity contribution in [3.05, 3.63) is 76.6 Å². The number of hydrogen-bond acceptors (Lipinski definition) is 7. The van der Waals surface area contributed by atoms with Crippen LogP contribution in [-0.4, -0.2) is 50.5 Å². The highest BCUT2D eigenvalue weighted by molar-refractivity contribution is 5.90. The molecule has 0 aliphatic rings. The Morgan fingerprint density at radius 3 is 2.21 bits per heavy atom. The molecule has 0 bridgehead atoms. The van der Waals surface area contributed by atoms with Crippen molar-refractivity contribution < 1.29 is 19.0 Å². The van der Waals surface area contributed by atoms with Gasteiger partial charge in [0.15, 0.2) is 17.3 Å². The van der Waals surface area contributed by atoms with E-state index in [0.29, 0.717) is 54.4 Å². The predicted octanol–water partition coefficient (Wildman–Crippen LogP) is 4.17. The molecule has 3 N–H and O–H groups in total. The van der Waals surface area contributed by atoms with Crippen LogP contribution < -0.4 is 30.4 Å². The number of nitrogens with one attached hydrogen (secondary N) is 3. The maximum Gasteiger partial charge on any atom is 0.272 e. The first-order chi connectivity index (χ1) is 18.5. The monoisotopic (exact) mass is 516 g/mol. The number of ether oxygens (including phenoxy) is 3. The van der Waals surface area contributed by atoms with Crippen molar-refractivity contribution >= 4 is 22.5 Å². The summed E-state index contributed by atoms with van der Waals surface area (Å²) in [5.74, 6) is 2.38. The molecular formula is C29H32N4O5. The van der Waals surface area contributed by atoms with Gasteiger partial charge in [-0.25, -0.2) is 5.10 Å². The number of amides is 1. The fourth-order valence-corrected chi connectivity index (χ4v) is 4.23. The zero-order valence-electron chi connectivity index (χ0n) is 21.8. The first kappa shape index (κ1) is 26.5. The van der Waals surface area contributed by atoms with Crippen molar-refractivity contribution in [3.63, 3.8) is 0 Å². The van der Waals surface area contributed by atoms with Crippen LogP contribution in [0.3, 0.4) is 0 Å². The molecule has 0 saturated carbocycles. The van der Waals surface area contributed by atoms with Gasteiger partial charge in [0, 0.05) is 24.9 Å². The van der Waals surface area contributed by atoms with Crippen molar-refractivity contribution in [2.24, 2.45) is 0 Å². The zero-order valence-corrected chi connectivity index (χ0v) is 21.8. The summed E-state index contributed by atoms with van der Waals surface area (Å²) in [5, 5.41) is 14.2. The number of carbonyl (C=O) groups excluding carboxylic acids is 1. The Hall–Kier alpha value is -4.53. The fourth-order valence-electron chi connectivity index (χ4n) is 4.23. The third-order valence-corrected chi connectivity index (χ3v) is 6.26. The van der Waals surface area contributed by atoms with E-state index in [-0.39, 0.29) is 11.5 Å². The number of aryl methyl sites for hydroxylation is 1. The van der Waals surface area contributed by atoms with Gasteiger partial charge >= 0.3 is 0 Å². The molecule has 0 aliphatic heterocycles. The summed E-state index contributed by atoms with van der Waals surface area (Å²) in [4.78, 5) is 24.2. The van der Waals surface area contributed by atoms with E-state index in [1.165, 1.54) is 0 Å². The topological polar surface area (TPSA) is 115 Å². The van der Waals surface area contributed by atoms with Crippen LogP contribution in [-0.2, 0) is 11.2 Å². The first-order valence-electron chi connectivity index (χ1n) is 12.4. The molecule has 0 unspecified atom stereocenters. The Morgan fingerprint density at radius 2 is 1.55 bits per heavy atom. The zero-order chi connectivity index (χ0) is 26.9. The SMILES string of the molecule is COc1cc(-c2ccc(CCC(=O)NCCCNc3n[nH]c(=O)c4ccccc34)cc2)cc(OC)c1OC. The standard InChI is InChI=1S/C29H32N4O5/c1-36-24-17-21(18-25(37-2)27(24)38-3)20-12-9-19(10-13-20)11-14-26(34)30-15-6-16-31-28-22-7-4-5-8-23(22)29(35)33-32-28/h4-5,7-10,12-13,17-18H,6,11,14-16H2,1-3H3,(H,30,34)(H,31,32)(H,33,35). The summed E-state index contributed by atoms with van der Waals surface area (Å²) in [6.07, 6.45) is 1.78. The van der Waals surface area contributed by atoms with Gasteiger partial charge in [-0.05, 0) is 47.7 Å². The van der Waals surface area contributed by atoms with Gasteiger partial charge in [-0.15, -0.1) is 0 Å². The van der Waals surface area contributed by atoms with Crippen LogP contribution in [0.15, 0.2) is 65.5 Å². The van der Waals surface area contributed by atoms with Crippen LogP contribution in [0.1, 0.15) is 18.4 Å². The van der Waals surface area contributed by atoms with E-state index in [4.69, 9.17) is 14.2 Å². The van der Waals surface area contributed by atoms with Crippen LogP contribution in [0.2, 0.25) is 0 Å². The smallest absolute Gasteiger partial charge is 0.272 e. The molecular weight excluding hydrogens is 484 g/mol. The lowest BCUT2D eigenvalue weighted by atomic mass is 10.0. The minimum absolute atomic E-state index is 0.00585. The largest absolute Gasteiger partial charge is 0.493 e. The number of H-pyrrole nitrogens is 1. The molecule has 1 heterocycles. The number of carbonyl (C=O) groups is 1. The van der Waals surface area contributed by atoms with E-state index >= 15 is 0 Å². The molecule has 9 heteroatoms. The van der Waals surface area contributed by atoms with Crippen LogP contribution in [0.25, 0.3) is 21.9 Å². The number of aromatic amines is 1. The normalized spacial score (nSPS) is 10.7. The Bertz CT molecular complexity index is 1420. The molecule has 198 valence electrons. The van der Waals surface area contributed by atoms with Crippen molar-refractivity contribution in [1.82, 2.24) is 15.5 Å². The average molecular weight is 517 g/mol. The van der Waals surface area contributed by atoms with E-state index in [2.05, 4.69) is 20.8 Å².